The minimum Gasteiger partial charge on any atom is -0.492 e. The Hall–Kier alpha value is -3.56. The lowest BCUT2D eigenvalue weighted by Gasteiger charge is -2.32. The van der Waals surface area contributed by atoms with Crippen molar-refractivity contribution in [2.24, 2.45) is 0 Å². The molecule has 0 bridgehead atoms. The minimum atomic E-state index is -4.19. The number of nitrogens with one attached hydrogen (secondary N) is 1. The lowest BCUT2D eigenvalue weighted by Crippen LogP contribution is -2.51. The van der Waals surface area contributed by atoms with Gasteiger partial charge in [-0.15, -0.1) is 0 Å². The Labute approximate surface area is 241 Å². The zero-order valence-electron chi connectivity index (χ0n) is 23.3. The Balaban J connectivity index is 2.06. The molecule has 0 saturated carbocycles. The molecule has 214 valence electrons. The number of halogens is 1. The number of carbonyl (C=O) groups excluding carboxylic acids is 2. The number of amides is 2. The fourth-order valence-electron chi connectivity index (χ4n) is 4.06. The summed E-state index contributed by atoms with van der Waals surface area (Å²) in [5.74, 6) is -0.547. The molecule has 0 radical (unpaired) electrons. The molecule has 0 fully saturated rings. The molecule has 3 rings (SSSR count). The van der Waals surface area contributed by atoms with Crippen LogP contribution in [0.3, 0.4) is 0 Å². The Kier molecular flexibility index (Phi) is 11.0. The highest BCUT2D eigenvalue weighted by atomic mass is 35.5. The lowest BCUT2D eigenvalue weighted by molar-refractivity contribution is -0.139. The van der Waals surface area contributed by atoms with Crippen LogP contribution in [0.15, 0.2) is 77.7 Å². The van der Waals surface area contributed by atoms with Crippen LogP contribution in [0.5, 0.6) is 5.75 Å². The van der Waals surface area contributed by atoms with Crippen molar-refractivity contribution in [3.8, 4) is 5.75 Å². The Morgan fingerprint density at radius 3 is 2.25 bits per heavy atom. The third-order valence-electron chi connectivity index (χ3n) is 6.30. The van der Waals surface area contributed by atoms with E-state index in [1.807, 2.05) is 13.8 Å². The molecule has 3 aromatic rings. The van der Waals surface area contributed by atoms with E-state index in [-0.39, 0.29) is 23.0 Å². The van der Waals surface area contributed by atoms with Crippen molar-refractivity contribution in [2.45, 2.75) is 51.6 Å². The van der Waals surface area contributed by atoms with Crippen LogP contribution in [-0.4, -0.2) is 50.9 Å². The molecule has 0 aromatic heterocycles. The van der Waals surface area contributed by atoms with Gasteiger partial charge in [0.15, 0.2) is 0 Å². The number of hydrogen-bond acceptors (Lipinski definition) is 5. The molecule has 0 aliphatic carbocycles. The molecule has 0 spiro atoms. The highest BCUT2D eigenvalue weighted by molar-refractivity contribution is 7.92. The van der Waals surface area contributed by atoms with Crippen LogP contribution in [-0.2, 0) is 26.2 Å². The molecule has 1 atom stereocenters. The van der Waals surface area contributed by atoms with Gasteiger partial charge in [-0.2, -0.15) is 0 Å². The van der Waals surface area contributed by atoms with E-state index in [1.165, 1.54) is 17.0 Å². The van der Waals surface area contributed by atoms with E-state index < -0.39 is 28.5 Å². The molecule has 1 N–H and O–H groups in total. The van der Waals surface area contributed by atoms with Crippen LogP contribution >= 0.6 is 11.6 Å². The van der Waals surface area contributed by atoms with Gasteiger partial charge in [-0.25, -0.2) is 8.42 Å². The molecule has 40 heavy (non-hydrogen) atoms. The normalized spacial score (nSPS) is 11.9. The van der Waals surface area contributed by atoms with Crippen LogP contribution < -0.4 is 14.4 Å². The van der Waals surface area contributed by atoms with Crippen molar-refractivity contribution < 1.29 is 22.7 Å². The van der Waals surface area contributed by atoms with Crippen molar-refractivity contribution in [2.75, 3.05) is 24.0 Å². The van der Waals surface area contributed by atoms with Gasteiger partial charge in [0.2, 0.25) is 11.8 Å². The van der Waals surface area contributed by atoms with E-state index in [4.69, 9.17) is 16.3 Å². The van der Waals surface area contributed by atoms with Crippen molar-refractivity contribution >= 4 is 39.1 Å². The summed E-state index contributed by atoms with van der Waals surface area (Å²) in [4.78, 5) is 28.4. The van der Waals surface area contributed by atoms with Gasteiger partial charge in [0.1, 0.15) is 18.3 Å². The number of carbonyl (C=O) groups is 2. The quantitative estimate of drug-likeness (QED) is 0.298. The Morgan fingerprint density at radius 1 is 0.975 bits per heavy atom. The zero-order chi connectivity index (χ0) is 29.3. The molecule has 0 saturated heterocycles. The topological polar surface area (TPSA) is 96.0 Å². The van der Waals surface area contributed by atoms with Crippen molar-refractivity contribution in [3.05, 3.63) is 88.9 Å². The van der Waals surface area contributed by atoms with Gasteiger partial charge in [0.25, 0.3) is 10.0 Å². The first-order valence-corrected chi connectivity index (χ1v) is 15.0. The second-order valence-electron chi connectivity index (χ2n) is 9.34. The molecule has 0 aliphatic heterocycles. The van der Waals surface area contributed by atoms with E-state index in [2.05, 4.69) is 5.32 Å². The van der Waals surface area contributed by atoms with Gasteiger partial charge in [0, 0.05) is 18.1 Å². The highest BCUT2D eigenvalue weighted by Gasteiger charge is 2.33. The average Bonchev–Trinajstić information content (AvgIpc) is 2.94. The van der Waals surface area contributed by atoms with Gasteiger partial charge >= 0.3 is 0 Å². The molecule has 8 nitrogen and oxygen atoms in total. The first-order valence-electron chi connectivity index (χ1n) is 13.2. The van der Waals surface area contributed by atoms with Crippen LogP contribution in [0.4, 0.5) is 5.69 Å². The van der Waals surface area contributed by atoms with E-state index in [9.17, 15) is 18.0 Å². The first-order chi connectivity index (χ1) is 19.1. The predicted octanol–water partition coefficient (Wildman–Crippen LogP) is 5.19. The summed E-state index contributed by atoms with van der Waals surface area (Å²) in [5.41, 5.74) is 1.88. The lowest BCUT2D eigenvalue weighted by atomic mass is 10.1. The molecular weight excluding hydrogens is 550 g/mol. The summed E-state index contributed by atoms with van der Waals surface area (Å²) in [6.45, 7) is 7.54. The first kappa shape index (κ1) is 31.0. The van der Waals surface area contributed by atoms with Gasteiger partial charge in [-0.3, -0.25) is 13.9 Å². The van der Waals surface area contributed by atoms with Gasteiger partial charge in [-0.1, -0.05) is 60.5 Å². The van der Waals surface area contributed by atoms with Gasteiger partial charge < -0.3 is 15.0 Å². The number of anilines is 1. The number of benzene rings is 3. The zero-order valence-corrected chi connectivity index (χ0v) is 24.8. The van der Waals surface area contributed by atoms with E-state index in [0.29, 0.717) is 23.9 Å². The molecule has 1 unspecified atom stereocenters. The fraction of sp³-hybridized carbons (Fsp3) is 0.333. The summed E-state index contributed by atoms with van der Waals surface area (Å²) in [6, 6.07) is 19.2. The second kappa shape index (κ2) is 14.2. The van der Waals surface area contributed by atoms with E-state index >= 15 is 0 Å². The van der Waals surface area contributed by atoms with Crippen molar-refractivity contribution in [1.29, 1.82) is 0 Å². The number of rotatable bonds is 13. The predicted molar refractivity (Wildman–Crippen MR) is 158 cm³/mol. The maximum absolute atomic E-state index is 14.0. The molecule has 10 heteroatoms. The number of aryl methyl sites for hydroxylation is 1. The number of sulfonamides is 1. The number of ether oxygens (including phenoxy) is 1. The summed E-state index contributed by atoms with van der Waals surface area (Å²) in [6.07, 6.45) is 0.736. The van der Waals surface area contributed by atoms with Crippen molar-refractivity contribution in [3.63, 3.8) is 0 Å². The van der Waals surface area contributed by atoms with E-state index in [1.54, 1.807) is 74.5 Å². The molecule has 0 heterocycles. The monoisotopic (exact) mass is 585 g/mol. The number of hydrogen-bond donors (Lipinski definition) is 1. The number of nitrogens with zero attached hydrogens (tertiary/aromatic N) is 2. The second-order valence-corrected chi connectivity index (χ2v) is 11.6. The summed E-state index contributed by atoms with van der Waals surface area (Å²) >= 11 is 6.05. The van der Waals surface area contributed by atoms with Gasteiger partial charge in [0.05, 0.1) is 17.2 Å². The largest absolute Gasteiger partial charge is 0.492 e. The van der Waals surface area contributed by atoms with Crippen LogP contribution in [0, 0.1) is 6.92 Å². The maximum atomic E-state index is 14.0. The van der Waals surface area contributed by atoms with Crippen LogP contribution in [0.1, 0.15) is 38.3 Å². The third kappa shape index (κ3) is 7.76. The summed E-state index contributed by atoms with van der Waals surface area (Å²) < 4.78 is 34.8. The summed E-state index contributed by atoms with van der Waals surface area (Å²) in [7, 11) is -4.19. The van der Waals surface area contributed by atoms with E-state index in [0.717, 1.165) is 21.9 Å². The number of para-hydroxylation sites is 2. The Bertz CT molecular complexity index is 1400. The Morgan fingerprint density at radius 2 is 1.62 bits per heavy atom. The van der Waals surface area contributed by atoms with Gasteiger partial charge in [-0.05, 0) is 69.2 Å². The molecule has 3 aromatic carbocycles. The van der Waals surface area contributed by atoms with Crippen LogP contribution in [0.25, 0.3) is 0 Å². The minimum absolute atomic E-state index is 0.0372. The molecule has 2 amide bonds. The standard InChI is InChI=1S/C30H36ClN3O5S/c1-5-19-32-30(36)23(4)33(20-24-13-15-25(31)16-14-24)29(35)21-34(27-9-7-8-10-28(27)39-6-2)40(37,38)26-17-11-22(3)12-18-26/h7-18,23H,5-6,19-21H2,1-4H3,(H,32,36). The highest BCUT2D eigenvalue weighted by Crippen LogP contribution is 2.33. The smallest absolute Gasteiger partial charge is 0.264 e. The van der Waals surface area contributed by atoms with Crippen molar-refractivity contribution in [1.82, 2.24) is 10.2 Å². The maximum Gasteiger partial charge on any atom is 0.264 e. The summed E-state index contributed by atoms with van der Waals surface area (Å²) in [5, 5.41) is 3.37. The fourth-order valence-corrected chi connectivity index (χ4v) is 5.61. The average molecular weight is 586 g/mol. The van der Waals surface area contributed by atoms with Crippen LogP contribution in [0.2, 0.25) is 5.02 Å². The molecule has 0 aliphatic rings. The molecular formula is C30H36ClN3O5S. The third-order valence-corrected chi connectivity index (χ3v) is 8.33. The SMILES string of the molecule is CCCNC(=O)C(C)N(Cc1ccc(Cl)cc1)C(=O)CN(c1ccccc1OCC)S(=O)(=O)c1ccc(C)cc1.